The number of aromatic nitrogens is 1. The fourth-order valence-electron chi connectivity index (χ4n) is 3.71. The standard InChI is InChI=1S/C21H22N4O3S/c1-24(2)29(27,28)16-7-8-20(25-12-15(11-22)21(26)13-25)17(10-16)19-9-14-5-3-4-6-18(14)23-19/h3-10,15,21,23,26H,12-13H2,1-2H3/t15-,21-/m0/s1. The van der Waals surface area contributed by atoms with E-state index in [1.807, 2.05) is 35.2 Å². The molecule has 1 saturated heterocycles. The van der Waals surface area contributed by atoms with E-state index >= 15 is 0 Å². The number of nitriles is 1. The van der Waals surface area contributed by atoms with Gasteiger partial charge < -0.3 is 15.0 Å². The lowest BCUT2D eigenvalue weighted by Gasteiger charge is -2.22. The molecule has 3 aromatic rings. The molecule has 0 unspecified atom stereocenters. The second-order valence-electron chi connectivity index (χ2n) is 7.44. The number of hydrogen-bond acceptors (Lipinski definition) is 5. The van der Waals surface area contributed by atoms with Gasteiger partial charge in [-0.25, -0.2) is 12.7 Å². The molecule has 0 amide bonds. The van der Waals surface area contributed by atoms with E-state index in [0.717, 1.165) is 27.8 Å². The smallest absolute Gasteiger partial charge is 0.242 e. The molecule has 0 aliphatic carbocycles. The van der Waals surface area contributed by atoms with Gasteiger partial charge in [-0.1, -0.05) is 18.2 Å². The minimum absolute atomic E-state index is 0.191. The van der Waals surface area contributed by atoms with Gasteiger partial charge in [0, 0.05) is 55.0 Å². The Balaban J connectivity index is 1.88. The lowest BCUT2D eigenvalue weighted by Crippen LogP contribution is -2.24. The average molecular weight is 410 g/mol. The number of sulfonamides is 1. The minimum atomic E-state index is -3.60. The molecule has 0 saturated carbocycles. The van der Waals surface area contributed by atoms with Crippen LogP contribution >= 0.6 is 0 Å². The topological polar surface area (TPSA) is 100 Å². The predicted octanol–water partition coefficient (Wildman–Crippen LogP) is 2.41. The van der Waals surface area contributed by atoms with Gasteiger partial charge in [-0.05, 0) is 30.3 Å². The molecule has 1 fully saturated rings. The number of nitrogens with zero attached hydrogens (tertiary/aromatic N) is 3. The first-order valence-electron chi connectivity index (χ1n) is 9.28. The zero-order chi connectivity index (χ0) is 20.8. The van der Waals surface area contributed by atoms with Gasteiger partial charge in [0.25, 0.3) is 0 Å². The van der Waals surface area contributed by atoms with Crippen LogP contribution in [0.3, 0.4) is 0 Å². The number of benzene rings is 2. The van der Waals surface area contributed by atoms with Crippen molar-refractivity contribution in [2.45, 2.75) is 11.0 Å². The van der Waals surface area contributed by atoms with E-state index in [9.17, 15) is 18.8 Å². The maximum Gasteiger partial charge on any atom is 0.242 e. The first kappa shape index (κ1) is 19.5. The number of fused-ring (bicyclic) bond motifs is 1. The summed E-state index contributed by atoms with van der Waals surface area (Å²) >= 11 is 0. The number of rotatable bonds is 4. The molecule has 0 bridgehead atoms. The van der Waals surface area contributed by atoms with E-state index in [0.29, 0.717) is 13.1 Å². The maximum absolute atomic E-state index is 12.7. The van der Waals surface area contributed by atoms with Crippen LogP contribution in [0, 0.1) is 17.2 Å². The highest BCUT2D eigenvalue weighted by Gasteiger charge is 2.33. The lowest BCUT2D eigenvalue weighted by atomic mass is 10.1. The molecule has 1 aromatic heterocycles. The molecule has 29 heavy (non-hydrogen) atoms. The molecular formula is C21H22N4O3S. The maximum atomic E-state index is 12.7. The Morgan fingerprint density at radius 2 is 1.93 bits per heavy atom. The monoisotopic (exact) mass is 410 g/mol. The molecule has 2 heterocycles. The third-order valence-electron chi connectivity index (χ3n) is 5.36. The van der Waals surface area contributed by atoms with Gasteiger partial charge in [0.2, 0.25) is 10.0 Å². The van der Waals surface area contributed by atoms with Crippen molar-refractivity contribution in [1.29, 1.82) is 5.26 Å². The fourth-order valence-corrected chi connectivity index (χ4v) is 4.64. The van der Waals surface area contributed by atoms with Gasteiger partial charge in [-0.15, -0.1) is 0 Å². The first-order valence-corrected chi connectivity index (χ1v) is 10.7. The van der Waals surface area contributed by atoms with Crippen LogP contribution in [0.5, 0.6) is 0 Å². The van der Waals surface area contributed by atoms with Gasteiger partial charge in [0.1, 0.15) is 0 Å². The minimum Gasteiger partial charge on any atom is -0.390 e. The zero-order valence-electron chi connectivity index (χ0n) is 16.2. The second-order valence-corrected chi connectivity index (χ2v) is 9.60. The largest absolute Gasteiger partial charge is 0.390 e. The molecule has 150 valence electrons. The number of aliphatic hydroxyl groups excluding tert-OH is 1. The Morgan fingerprint density at radius 3 is 2.59 bits per heavy atom. The summed E-state index contributed by atoms with van der Waals surface area (Å²) in [6, 6.07) is 16.9. The van der Waals surface area contributed by atoms with E-state index in [1.54, 1.807) is 18.2 Å². The van der Waals surface area contributed by atoms with Crippen molar-refractivity contribution in [1.82, 2.24) is 9.29 Å². The molecule has 0 radical (unpaired) electrons. The highest BCUT2D eigenvalue weighted by atomic mass is 32.2. The number of β-amino-alcohol motifs (C(OH)–C–C–N with tert-alkyl or cyclic N) is 1. The Morgan fingerprint density at radius 1 is 1.17 bits per heavy atom. The van der Waals surface area contributed by atoms with Crippen molar-refractivity contribution in [3.8, 4) is 17.3 Å². The van der Waals surface area contributed by atoms with Crippen molar-refractivity contribution in [2.75, 3.05) is 32.1 Å². The lowest BCUT2D eigenvalue weighted by molar-refractivity contribution is 0.171. The molecular weight excluding hydrogens is 388 g/mol. The highest BCUT2D eigenvalue weighted by Crippen LogP contribution is 2.37. The van der Waals surface area contributed by atoms with Crippen LogP contribution in [-0.2, 0) is 10.0 Å². The van der Waals surface area contributed by atoms with Gasteiger partial charge in [-0.3, -0.25) is 0 Å². The number of nitrogens with one attached hydrogen (secondary N) is 1. The molecule has 1 aliphatic heterocycles. The number of H-pyrrole nitrogens is 1. The molecule has 0 spiro atoms. The molecule has 2 aromatic carbocycles. The summed E-state index contributed by atoms with van der Waals surface area (Å²) in [4.78, 5) is 5.48. The van der Waals surface area contributed by atoms with Crippen LogP contribution < -0.4 is 4.90 Å². The number of para-hydroxylation sites is 1. The Bertz CT molecular complexity index is 1180. The number of hydrogen-bond donors (Lipinski definition) is 2. The normalized spacial score (nSPS) is 19.8. The summed E-state index contributed by atoms with van der Waals surface area (Å²) in [5, 5.41) is 20.5. The third-order valence-corrected chi connectivity index (χ3v) is 7.17. The van der Waals surface area contributed by atoms with E-state index in [2.05, 4.69) is 11.1 Å². The van der Waals surface area contributed by atoms with E-state index in [4.69, 9.17) is 0 Å². The molecule has 8 heteroatoms. The Labute approximate surface area is 169 Å². The van der Waals surface area contributed by atoms with Crippen LogP contribution in [0.1, 0.15) is 0 Å². The average Bonchev–Trinajstić information content (AvgIpc) is 3.30. The van der Waals surface area contributed by atoms with Crippen LogP contribution in [-0.4, -0.2) is 56.1 Å². The molecule has 4 rings (SSSR count). The predicted molar refractivity (Wildman–Crippen MR) is 112 cm³/mol. The third kappa shape index (κ3) is 3.38. The summed E-state index contributed by atoms with van der Waals surface area (Å²) in [5.74, 6) is -0.476. The van der Waals surface area contributed by atoms with Crippen LogP contribution in [0.2, 0.25) is 0 Å². The van der Waals surface area contributed by atoms with Gasteiger partial charge in [0.05, 0.1) is 23.0 Å². The molecule has 1 aliphatic rings. The Kier molecular flexibility index (Phi) is 4.82. The zero-order valence-corrected chi connectivity index (χ0v) is 17.0. The molecule has 7 nitrogen and oxygen atoms in total. The van der Waals surface area contributed by atoms with Crippen molar-refractivity contribution in [3.63, 3.8) is 0 Å². The van der Waals surface area contributed by atoms with Crippen LogP contribution in [0.4, 0.5) is 5.69 Å². The number of aliphatic hydroxyl groups is 1. The van der Waals surface area contributed by atoms with Gasteiger partial charge in [-0.2, -0.15) is 5.26 Å². The summed E-state index contributed by atoms with van der Waals surface area (Å²) in [5.41, 5.74) is 3.23. The van der Waals surface area contributed by atoms with E-state index < -0.39 is 22.0 Å². The Hall–Kier alpha value is -2.86. The number of anilines is 1. The summed E-state index contributed by atoms with van der Waals surface area (Å²) < 4.78 is 26.6. The fraction of sp³-hybridized carbons (Fsp3) is 0.286. The van der Waals surface area contributed by atoms with E-state index in [1.165, 1.54) is 18.4 Å². The van der Waals surface area contributed by atoms with Crippen molar-refractivity contribution in [2.24, 2.45) is 5.92 Å². The van der Waals surface area contributed by atoms with Crippen LogP contribution in [0.15, 0.2) is 53.4 Å². The molecule has 2 N–H and O–H groups in total. The summed E-state index contributed by atoms with van der Waals surface area (Å²) in [6.07, 6.45) is -0.735. The number of aromatic amines is 1. The SMILES string of the molecule is CN(C)S(=O)(=O)c1ccc(N2C[C@H](O)[C@@H](C#N)C2)c(-c2cc3ccccc3[nH]2)c1. The van der Waals surface area contributed by atoms with Crippen molar-refractivity contribution >= 4 is 26.6 Å². The second kappa shape index (κ2) is 7.19. The summed E-state index contributed by atoms with van der Waals surface area (Å²) in [6.45, 7) is 0.718. The van der Waals surface area contributed by atoms with Crippen molar-refractivity contribution in [3.05, 3.63) is 48.5 Å². The van der Waals surface area contributed by atoms with Crippen LogP contribution in [0.25, 0.3) is 22.2 Å². The summed E-state index contributed by atoms with van der Waals surface area (Å²) in [7, 11) is -0.604. The highest BCUT2D eigenvalue weighted by molar-refractivity contribution is 7.89. The van der Waals surface area contributed by atoms with E-state index in [-0.39, 0.29) is 4.90 Å². The molecule has 2 atom stereocenters. The van der Waals surface area contributed by atoms with Crippen molar-refractivity contribution < 1.29 is 13.5 Å². The van der Waals surface area contributed by atoms with Gasteiger partial charge in [0.15, 0.2) is 0 Å². The first-order chi connectivity index (χ1) is 13.8. The quantitative estimate of drug-likeness (QED) is 0.688. The van der Waals surface area contributed by atoms with Gasteiger partial charge >= 0.3 is 0 Å².